The Kier molecular flexibility index (Phi) is 5.53. The van der Waals surface area contributed by atoms with Gasteiger partial charge >= 0.3 is 0 Å². The Morgan fingerprint density at radius 1 is 1.04 bits per heavy atom. The summed E-state index contributed by atoms with van der Waals surface area (Å²) < 4.78 is 0. The van der Waals surface area contributed by atoms with Crippen LogP contribution in [0, 0.1) is 5.92 Å². The molecule has 2 aliphatic carbocycles. The van der Waals surface area contributed by atoms with Crippen molar-refractivity contribution in [2.75, 3.05) is 13.1 Å². The maximum Gasteiger partial charge on any atom is 0.119 e. The molecule has 1 aromatic carbocycles. The fraction of sp³-hybridized carbons (Fsp3) is 0.700. The second kappa shape index (κ2) is 7.44. The highest BCUT2D eigenvalue weighted by atomic mass is 35.5. The first-order valence-corrected chi connectivity index (χ1v) is 9.38. The molecule has 0 amide bonds. The Hall–Kier alpha value is -0.730. The molecule has 3 heteroatoms. The molecule has 1 aromatic rings. The third kappa shape index (κ3) is 3.39. The summed E-state index contributed by atoms with van der Waals surface area (Å²) in [5.74, 6) is 2.19. The lowest BCUT2D eigenvalue weighted by molar-refractivity contribution is 0.199. The molecule has 4 rings (SSSR count). The Bertz CT molecular complexity index is 526. The zero-order valence-corrected chi connectivity index (χ0v) is 14.9. The van der Waals surface area contributed by atoms with Crippen LogP contribution in [0.2, 0.25) is 0 Å². The zero-order valence-electron chi connectivity index (χ0n) is 14.0. The molecule has 2 fully saturated rings. The van der Waals surface area contributed by atoms with Crippen molar-refractivity contribution >= 4 is 12.4 Å². The van der Waals surface area contributed by atoms with Gasteiger partial charge in [0.05, 0.1) is 0 Å². The van der Waals surface area contributed by atoms with Crippen LogP contribution >= 0.6 is 12.4 Å². The Morgan fingerprint density at radius 2 is 1.87 bits per heavy atom. The van der Waals surface area contributed by atoms with E-state index in [1.165, 1.54) is 75.6 Å². The van der Waals surface area contributed by atoms with E-state index in [9.17, 15) is 5.11 Å². The molecule has 1 heterocycles. The Labute approximate surface area is 146 Å². The van der Waals surface area contributed by atoms with Crippen molar-refractivity contribution in [3.63, 3.8) is 0 Å². The summed E-state index contributed by atoms with van der Waals surface area (Å²) in [4.78, 5) is 2.77. The van der Waals surface area contributed by atoms with Gasteiger partial charge in [0, 0.05) is 12.0 Å². The molecule has 1 aliphatic heterocycles. The summed E-state index contributed by atoms with van der Waals surface area (Å²) in [5.41, 5.74) is 2.68. The highest BCUT2D eigenvalue weighted by Crippen LogP contribution is 2.44. The van der Waals surface area contributed by atoms with Crippen molar-refractivity contribution in [3.05, 3.63) is 29.3 Å². The van der Waals surface area contributed by atoms with E-state index in [0.717, 1.165) is 18.4 Å². The normalized spacial score (nSPS) is 28.0. The Morgan fingerprint density at radius 3 is 2.70 bits per heavy atom. The number of phenolic OH excluding ortho intramolecular Hbond substituents is 1. The van der Waals surface area contributed by atoms with Gasteiger partial charge in [0.2, 0.25) is 0 Å². The number of rotatable bonds is 3. The zero-order chi connectivity index (χ0) is 14.9. The van der Waals surface area contributed by atoms with Gasteiger partial charge in [-0.05, 0) is 61.9 Å². The molecule has 0 unspecified atom stereocenters. The molecule has 1 saturated carbocycles. The van der Waals surface area contributed by atoms with Crippen LogP contribution in [0.4, 0.5) is 0 Å². The predicted molar refractivity (Wildman–Crippen MR) is 97.6 cm³/mol. The van der Waals surface area contributed by atoms with Gasteiger partial charge in [-0.15, -0.1) is 12.4 Å². The number of phenols is 1. The molecule has 0 spiro atoms. The molecule has 1 N–H and O–H groups in total. The minimum atomic E-state index is 0. The third-order valence-corrected chi connectivity index (χ3v) is 6.49. The van der Waals surface area contributed by atoms with E-state index >= 15 is 0 Å². The predicted octanol–water partition coefficient (Wildman–Crippen LogP) is 4.89. The summed E-state index contributed by atoms with van der Waals surface area (Å²) in [6.45, 7) is 2.57. The largest absolute Gasteiger partial charge is 0.508 e. The highest BCUT2D eigenvalue weighted by molar-refractivity contribution is 5.85. The lowest BCUT2D eigenvalue weighted by Crippen LogP contribution is -2.36. The fourth-order valence-corrected chi connectivity index (χ4v) is 5.27. The van der Waals surface area contributed by atoms with E-state index in [1.54, 1.807) is 0 Å². The maximum atomic E-state index is 10.1. The summed E-state index contributed by atoms with van der Waals surface area (Å²) in [5, 5.41) is 10.1. The molecule has 0 aromatic heterocycles. The number of halogens is 1. The molecule has 2 atom stereocenters. The van der Waals surface area contributed by atoms with Crippen molar-refractivity contribution in [3.8, 4) is 5.75 Å². The minimum absolute atomic E-state index is 0. The van der Waals surface area contributed by atoms with Gasteiger partial charge in [0.15, 0.2) is 0 Å². The molecule has 0 bridgehead atoms. The van der Waals surface area contributed by atoms with Crippen LogP contribution in [-0.2, 0) is 6.42 Å². The number of aromatic hydroxyl groups is 1. The maximum absolute atomic E-state index is 10.1. The smallest absolute Gasteiger partial charge is 0.119 e. The molecule has 3 aliphatic rings. The molecular formula is C20H30ClNO. The SMILES string of the molecule is Cl.Oc1cccc2c1CC[C@@H]1[C@H]2CCN1CCC1CCCCC1. The number of benzene rings is 1. The number of nitrogens with zero attached hydrogens (tertiary/aromatic N) is 1. The number of hydrogen-bond acceptors (Lipinski definition) is 2. The second-order valence-corrected chi connectivity index (χ2v) is 7.67. The standard InChI is InChI=1S/C20H29NO.ClH/c22-20-8-4-7-16-17-12-14-21(19(17)10-9-18(16)20)13-11-15-5-2-1-3-6-15;/h4,7-8,15,17,19,22H,1-3,5-6,9-14H2;1H/t17-,19+;/m0./s1. The molecule has 128 valence electrons. The van der Waals surface area contributed by atoms with E-state index in [2.05, 4.69) is 11.0 Å². The molecule has 23 heavy (non-hydrogen) atoms. The van der Waals surface area contributed by atoms with E-state index < -0.39 is 0 Å². The topological polar surface area (TPSA) is 23.5 Å². The number of fused-ring (bicyclic) bond motifs is 3. The van der Waals surface area contributed by atoms with Crippen LogP contribution in [0.15, 0.2) is 18.2 Å². The summed E-state index contributed by atoms with van der Waals surface area (Å²) >= 11 is 0. The van der Waals surface area contributed by atoms with Crippen LogP contribution in [0.1, 0.15) is 68.4 Å². The first-order valence-electron chi connectivity index (χ1n) is 9.38. The summed E-state index contributed by atoms with van der Waals surface area (Å²) in [7, 11) is 0. The van der Waals surface area contributed by atoms with Gasteiger partial charge in [-0.2, -0.15) is 0 Å². The van der Waals surface area contributed by atoms with Crippen molar-refractivity contribution in [2.45, 2.75) is 69.7 Å². The number of likely N-dealkylation sites (tertiary alicyclic amines) is 1. The van der Waals surface area contributed by atoms with Crippen molar-refractivity contribution < 1.29 is 5.11 Å². The fourth-order valence-electron chi connectivity index (χ4n) is 5.27. The van der Waals surface area contributed by atoms with Crippen LogP contribution in [0.3, 0.4) is 0 Å². The minimum Gasteiger partial charge on any atom is -0.508 e. The third-order valence-electron chi connectivity index (χ3n) is 6.49. The van der Waals surface area contributed by atoms with E-state index in [4.69, 9.17) is 0 Å². The van der Waals surface area contributed by atoms with Crippen molar-refractivity contribution in [1.82, 2.24) is 4.90 Å². The van der Waals surface area contributed by atoms with Gasteiger partial charge < -0.3 is 5.11 Å². The van der Waals surface area contributed by atoms with E-state index in [-0.39, 0.29) is 12.4 Å². The quantitative estimate of drug-likeness (QED) is 0.850. The second-order valence-electron chi connectivity index (χ2n) is 7.67. The lowest BCUT2D eigenvalue weighted by atomic mass is 9.79. The van der Waals surface area contributed by atoms with Gasteiger partial charge in [-0.3, -0.25) is 4.90 Å². The monoisotopic (exact) mass is 335 g/mol. The van der Waals surface area contributed by atoms with Crippen molar-refractivity contribution in [1.29, 1.82) is 0 Å². The van der Waals surface area contributed by atoms with Crippen LogP contribution in [0.25, 0.3) is 0 Å². The number of hydrogen-bond donors (Lipinski definition) is 1. The first kappa shape index (κ1) is 17.1. The Balaban J connectivity index is 0.00000156. The van der Waals surface area contributed by atoms with Crippen LogP contribution in [-0.4, -0.2) is 29.1 Å². The molecular weight excluding hydrogens is 306 g/mol. The first-order chi connectivity index (χ1) is 10.8. The van der Waals surface area contributed by atoms with Gasteiger partial charge in [0.1, 0.15) is 5.75 Å². The summed E-state index contributed by atoms with van der Waals surface area (Å²) in [6.07, 6.45) is 12.3. The van der Waals surface area contributed by atoms with E-state index in [1.807, 2.05) is 12.1 Å². The summed E-state index contributed by atoms with van der Waals surface area (Å²) in [6, 6.07) is 6.88. The van der Waals surface area contributed by atoms with Gasteiger partial charge in [-0.25, -0.2) is 0 Å². The van der Waals surface area contributed by atoms with Crippen LogP contribution in [0.5, 0.6) is 5.75 Å². The molecule has 0 radical (unpaired) electrons. The van der Waals surface area contributed by atoms with Gasteiger partial charge in [0.25, 0.3) is 0 Å². The van der Waals surface area contributed by atoms with Gasteiger partial charge in [-0.1, -0.05) is 44.2 Å². The average molecular weight is 336 g/mol. The molecule has 1 saturated heterocycles. The van der Waals surface area contributed by atoms with E-state index in [0.29, 0.717) is 11.7 Å². The lowest BCUT2D eigenvalue weighted by Gasteiger charge is -2.34. The van der Waals surface area contributed by atoms with Crippen LogP contribution < -0.4 is 0 Å². The highest BCUT2D eigenvalue weighted by Gasteiger charge is 2.39. The molecule has 2 nitrogen and oxygen atoms in total. The van der Waals surface area contributed by atoms with Crippen molar-refractivity contribution in [2.24, 2.45) is 5.92 Å². The average Bonchev–Trinajstić information content (AvgIpc) is 2.98.